The molecule has 4 rings (SSSR count). The van der Waals surface area contributed by atoms with Crippen LogP contribution in [0.3, 0.4) is 0 Å². The van der Waals surface area contributed by atoms with Crippen LogP contribution in [0.4, 0.5) is 5.00 Å². The Kier molecular flexibility index (Phi) is 7.30. The normalized spacial score (nSPS) is 10.7. The molecule has 0 unspecified atom stereocenters. The lowest BCUT2D eigenvalue weighted by Crippen LogP contribution is -2.15. The summed E-state index contributed by atoms with van der Waals surface area (Å²) in [6.45, 7) is 4.08. The average molecular weight is 505 g/mol. The number of amides is 1. The van der Waals surface area contributed by atoms with Crippen molar-refractivity contribution in [2.75, 3.05) is 26.1 Å². The van der Waals surface area contributed by atoms with E-state index < -0.39 is 17.8 Å². The molecule has 2 heterocycles. The van der Waals surface area contributed by atoms with Gasteiger partial charge in [0.2, 0.25) is 0 Å². The first kappa shape index (κ1) is 24.9. The highest BCUT2D eigenvalue weighted by molar-refractivity contribution is 7.18. The van der Waals surface area contributed by atoms with E-state index in [1.807, 2.05) is 49.4 Å². The van der Waals surface area contributed by atoms with Crippen molar-refractivity contribution >= 4 is 45.1 Å². The van der Waals surface area contributed by atoms with Gasteiger partial charge >= 0.3 is 11.9 Å². The Hall–Kier alpha value is -4.24. The van der Waals surface area contributed by atoms with Crippen molar-refractivity contribution in [1.82, 2.24) is 4.98 Å². The van der Waals surface area contributed by atoms with Gasteiger partial charge in [0, 0.05) is 10.9 Å². The third kappa shape index (κ3) is 4.78. The quantitative estimate of drug-likeness (QED) is 0.332. The van der Waals surface area contributed by atoms with Crippen molar-refractivity contribution in [2.45, 2.75) is 13.8 Å². The van der Waals surface area contributed by atoms with E-state index in [0.717, 1.165) is 22.6 Å². The SMILES string of the molecule is CCOc1ccc(-c2cc(C(=O)Nc3sc(C(=O)OC)c(C)c3C(=O)OC)c3ccccc3n2)cc1. The van der Waals surface area contributed by atoms with Crippen LogP contribution >= 0.6 is 11.3 Å². The van der Waals surface area contributed by atoms with Crippen molar-refractivity contribution in [2.24, 2.45) is 0 Å². The average Bonchev–Trinajstić information content (AvgIpc) is 3.23. The van der Waals surface area contributed by atoms with Gasteiger partial charge in [-0.1, -0.05) is 18.2 Å². The highest BCUT2D eigenvalue weighted by Gasteiger charge is 2.27. The van der Waals surface area contributed by atoms with Gasteiger partial charge in [-0.05, 0) is 55.8 Å². The topological polar surface area (TPSA) is 104 Å². The number of benzene rings is 2. The van der Waals surface area contributed by atoms with Crippen molar-refractivity contribution in [3.05, 3.63) is 76.2 Å². The van der Waals surface area contributed by atoms with Gasteiger partial charge in [0.15, 0.2) is 0 Å². The van der Waals surface area contributed by atoms with Gasteiger partial charge in [0.1, 0.15) is 15.6 Å². The Bertz CT molecular complexity index is 1460. The third-order valence-electron chi connectivity index (χ3n) is 5.56. The summed E-state index contributed by atoms with van der Waals surface area (Å²) >= 11 is 0.961. The minimum atomic E-state index is -0.663. The number of anilines is 1. The Morgan fingerprint density at radius 2 is 1.67 bits per heavy atom. The lowest BCUT2D eigenvalue weighted by Gasteiger charge is -2.11. The number of para-hydroxylation sites is 1. The van der Waals surface area contributed by atoms with E-state index in [1.165, 1.54) is 14.2 Å². The second-order valence-corrected chi connectivity index (χ2v) is 8.75. The van der Waals surface area contributed by atoms with E-state index in [1.54, 1.807) is 19.1 Å². The Morgan fingerprint density at radius 3 is 2.33 bits per heavy atom. The number of carbonyl (C=O) groups excluding carboxylic acids is 3. The fourth-order valence-corrected chi connectivity index (χ4v) is 4.92. The number of carbonyl (C=O) groups is 3. The molecule has 0 saturated heterocycles. The molecule has 4 aromatic rings. The van der Waals surface area contributed by atoms with E-state index in [4.69, 9.17) is 19.2 Å². The summed E-state index contributed by atoms with van der Waals surface area (Å²) in [4.78, 5) is 43.2. The minimum Gasteiger partial charge on any atom is -0.494 e. The molecule has 0 radical (unpaired) electrons. The molecule has 0 atom stereocenters. The lowest BCUT2D eigenvalue weighted by atomic mass is 10.0. The molecule has 0 spiro atoms. The van der Waals surface area contributed by atoms with Crippen molar-refractivity contribution in [3.63, 3.8) is 0 Å². The number of pyridine rings is 1. The van der Waals surface area contributed by atoms with Gasteiger partial charge in [-0.3, -0.25) is 4.79 Å². The summed E-state index contributed by atoms with van der Waals surface area (Å²) in [6.07, 6.45) is 0. The molecule has 8 nitrogen and oxygen atoms in total. The number of ether oxygens (including phenoxy) is 3. The highest BCUT2D eigenvalue weighted by atomic mass is 32.1. The van der Waals surface area contributed by atoms with Crippen LogP contribution in [-0.4, -0.2) is 43.7 Å². The summed E-state index contributed by atoms with van der Waals surface area (Å²) in [5, 5.41) is 3.65. The largest absolute Gasteiger partial charge is 0.494 e. The monoisotopic (exact) mass is 504 g/mol. The molecule has 2 aromatic carbocycles. The number of nitrogens with one attached hydrogen (secondary N) is 1. The van der Waals surface area contributed by atoms with E-state index in [9.17, 15) is 14.4 Å². The first-order valence-electron chi connectivity index (χ1n) is 11.1. The second-order valence-electron chi connectivity index (χ2n) is 7.73. The van der Waals surface area contributed by atoms with Crippen molar-refractivity contribution < 1.29 is 28.6 Å². The van der Waals surface area contributed by atoms with E-state index in [0.29, 0.717) is 34.3 Å². The van der Waals surface area contributed by atoms with Crippen LogP contribution in [0.1, 0.15) is 42.9 Å². The molecular formula is C27H24N2O6S. The molecule has 0 fully saturated rings. The molecule has 1 N–H and O–H groups in total. The lowest BCUT2D eigenvalue weighted by molar-refractivity contribution is 0.0601. The van der Waals surface area contributed by atoms with Gasteiger partial charge in [-0.2, -0.15) is 0 Å². The number of esters is 2. The van der Waals surface area contributed by atoms with Gasteiger partial charge in [-0.15, -0.1) is 11.3 Å². The molecule has 0 saturated carbocycles. The number of nitrogens with zero attached hydrogens (tertiary/aromatic N) is 1. The summed E-state index contributed by atoms with van der Waals surface area (Å²) in [7, 11) is 2.49. The highest BCUT2D eigenvalue weighted by Crippen LogP contribution is 2.35. The molecule has 0 bridgehead atoms. The van der Waals surface area contributed by atoms with Crippen molar-refractivity contribution in [3.8, 4) is 17.0 Å². The van der Waals surface area contributed by atoms with Crippen molar-refractivity contribution in [1.29, 1.82) is 0 Å². The third-order valence-corrected chi connectivity index (χ3v) is 6.74. The predicted molar refractivity (Wildman–Crippen MR) is 138 cm³/mol. The van der Waals surface area contributed by atoms with E-state index in [2.05, 4.69) is 5.32 Å². The first-order chi connectivity index (χ1) is 17.4. The number of fused-ring (bicyclic) bond motifs is 1. The van der Waals surface area contributed by atoms with Crippen LogP contribution in [0.5, 0.6) is 5.75 Å². The zero-order valence-electron chi connectivity index (χ0n) is 20.2. The molecular weight excluding hydrogens is 480 g/mol. The predicted octanol–water partition coefficient (Wildman–Crippen LogP) is 5.50. The molecule has 184 valence electrons. The van der Waals surface area contributed by atoms with Gasteiger partial charge in [0.25, 0.3) is 5.91 Å². The number of methoxy groups -OCH3 is 2. The summed E-state index contributed by atoms with van der Waals surface area (Å²) in [5.41, 5.74) is 2.91. The summed E-state index contributed by atoms with van der Waals surface area (Å²) < 4.78 is 15.2. The number of hydrogen-bond acceptors (Lipinski definition) is 8. The first-order valence-corrected chi connectivity index (χ1v) is 11.9. The molecule has 0 aliphatic heterocycles. The van der Waals surface area contributed by atoms with Crippen LogP contribution in [0.15, 0.2) is 54.6 Å². The van der Waals surface area contributed by atoms with Crippen LogP contribution in [0, 0.1) is 6.92 Å². The van der Waals surface area contributed by atoms with E-state index >= 15 is 0 Å². The molecule has 1 amide bonds. The fourth-order valence-electron chi connectivity index (χ4n) is 3.81. The maximum absolute atomic E-state index is 13.6. The number of thiophene rings is 1. The zero-order chi connectivity index (χ0) is 25.8. The zero-order valence-corrected chi connectivity index (χ0v) is 21.0. The number of aromatic nitrogens is 1. The van der Waals surface area contributed by atoms with Crippen LogP contribution in [0.25, 0.3) is 22.2 Å². The Balaban J connectivity index is 1.78. The smallest absolute Gasteiger partial charge is 0.348 e. The van der Waals surface area contributed by atoms with Gasteiger partial charge in [-0.25, -0.2) is 14.6 Å². The van der Waals surface area contributed by atoms with Gasteiger partial charge in [0.05, 0.1) is 43.2 Å². The van der Waals surface area contributed by atoms with Crippen LogP contribution in [-0.2, 0) is 9.47 Å². The maximum Gasteiger partial charge on any atom is 0.348 e. The molecule has 9 heteroatoms. The fraction of sp³-hybridized carbons (Fsp3) is 0.185. The van der Waals surface area contributed by atoms with Crippen LogP contribution in [0.2, 0.25) is 0 Å². The van der Waals surface area contributed by atoms with Crippen LogP contribution < -0.4 is 10.1 Å². The summed E-state index contributed by atoms with van der Waals surface area (Å²) in [5.74, 6) is -0.979. The molecule has 0 aliphatic carbocycles. The second kappa shape index (κ2) is 10.6. The number of rotatable bonds is 7. The summed E-state index contributed by atoms with van der Waals surface area (Å²) in [6, 6.07) is 16.5. The molecule has 0 aliphatic rings. The minimum absolute atomic E-state index is 0.112. The Morgan fingerprint density at radius 1 is 0.972 bits per heavy atom. The molecule has 36 heavy (non-hydrogen) atoms. The molecule has 2 aromatic heterocycles. The standard InChI is InChI=1S/C27H24N2O6S/c1-5-35-17-12-10-16(11-13-17)21-14-19(18-8-6-7-9-20(18)28-21)24(30)29-25-22(26(31)33-3)15(2)23(36-25)27(32)34-4/h6-14H,5H2,1-4H3,(H,29,30). The van der Waals surface area contributed by atoms with E-state index in [-0.39, 0.29) is 15.4 Å². The maximum atomic E-state index is 13.6. The van der Waals surface area contributed by atoms with Gasteiger partial charge < -0.3 is 19.5 Å². The Labute approximate surface area is 211 Å². The number of hydrogen-bond donors (Lipinski definition) is 1.